The lowest BCUT2D eigenvalue weighted by molar-refractivity contribution is 0.0929. The van der Waals surface area contributed by atoms with Gasteiger partial charge >= 0.3 is 0 Å². The Morgan fingerprint density at radius 2 is 2.19 bits per heavy atom. The summed E-state index contributed by atoms with van der Waals surface area (Å²) in [5, 5.41) is 11.6. The lowest BCUT2D eigenvalue weighted by Crippen LogP contribution is -2.31. The van der Waals surface area contributed by atoms with Crippen molar-refractivity contribution in [3.63, 3.8) is 0 Å². The molecule has 0 fully saturated rings. The molecule has 0 unspecified atom stereocenters. The summed E-state index contributed by atoms with van der Waals surface area (Å²) in [5.41, 5.74) is 1.17. The fraction of sp³-hybridized carbons (Fsp3) is 0.333. The summed E-state index contributed by atoms with van der Waals surface area (Å²) in [6, 6.07) is 8.89. The smallest absolute Gasteiger partial charge is 0.257 e. The lowest BCUT2D eigenvalue weighted by Gasteiger charge is -2.18. The first kappa shape index (κ1) is 18.2. The molecule has 26 heavy (non-hydrogen) atoms. The second-order valence-electron chi connectivity index (χ2n) is 5.58. The van der Waals surface area contributed by atoms with Crippen molar-refractivity contribution in [2.24, 2.45) is 0 Å². The van der Waals surface area contributed by atoms with Gasteiger partial charge in [0.2, 0.25) is 5.88 Å². The first-order chi connectivity index (χ1) is 12.7. The van der Waals surface area contributed by atoms with Gasteiger partial charge in [-0.1, -0.05) is 6.07 Å². The number of thioether (sulfide) groups is 1. The van der Waals surface area contributed by atoms with E-state index in [9.17, 15) is 4.79 Å². The minimum atomic E-state index is -0.262. The van der Waals surface area contributed by atoms with Gasteiger partial charge in [0.15, 0.2) is 11.5 Å². The number of pyridine rings is 2. The first-order valence-electron chi connectivity index (χ1n) is 8.42. The summed E-state index contributed by atoms with van der Waals surface area (Å²) in [4.78, 5) is 17.0. The minimum absolute atomic E-state index is 0.236. The van der Waals surface area contributed by atoms with Crippen molar-refractivity contribution in [2.45, 2.75) is 19.4 Å². The molecule has 3 aromatic heterocycles. The Hall–Kier alpha value is -2.61. The molecule has 0 aromatic carbocycles. The average molecular weight is 371 g/mol. The molecule has 0 aliphatic carbocycles. The Kier molecular flexibility index (Phi) is 6.06. The van der Waals surface area contributed by atoms with Gasteiger partial charge in [-0.15, -0.1) is 10.2 Å². The zero-order valence-corrected chi connectivity index (χ0v) is 15.6. The molecule has 1 amide bonds. The normalized spacial score (nSPS) is 12.1. The van der Waals surface area contributed by atoms with Crippen LogP contribution in [0.25, 0.3) is 5.65 Å². The largest absolute Gasteiger partial charge is 0.477 e. The van der Waals surface area contributed by atoms with Crippen LogP contribution in [-0.2, 0) is 0 Å². The number of hydrogen-bond acceptors (Lipinski definition) is 6. The predicted octanol–water partition coefficient (Wildman–Crippen LogP) is 2.75. The molecule has 3 heterocycles. The number of nitrogens with zero attached hydrogens (tertiary/aromatic N) is 4. The molecule has 3 aromatic rings. The standard InChI is InChI=1S/C18H21N5O2S/c1-3-25-18-13(7-6-10-19-18)17(24)20-14(9-12-26-2)16-22-21-15-8-4-5-11-23(15)16/h4-8,10-11,14H,3,9,12H2,1-2H3,(H,20,24)/t14-/m0/s1. The Bertz CT molecular complexity index is 883. The third kappa shape index (κ3) is 3.96. The summed E-state index contributed by atoms with van der Waals surface area (Å²) >= 11 is 1.72. The van der Waals surface area contributed by atoms with E-state index in [1.54, 1.807) is 30.1 Å². The topological polar surface area (TPSA) is 81.4 Å². The van der Waals surface area contributed by atoms with Crippen molar-refractivity contribution in [2.75, 3.05) is 18.6 Å². The van der Waals surface area contributed by atoms with Gasteiger partial charge < -0.3 is 10.1 Å². The van der Waals surface area contributed by atoms with E-state index in [0.717, 1.165) is 17.8 Å². The zero-order valence-electron chi connectivity index (χ0n) is 14.8. The molecule has 0 spiro atoms. The van der Waals surface area contributed by atoms with Crippen LogP contribution in [-0.4, -0.2) is 44.1 Å². The van der Waals surface area contributed by atoms with Gasteiger partial charge in [-0.05, 0) is 49.6 Å². The van der Waals surface area contributed by atoms with E-state index >= 15 is 0 Å². The van der Waals surface area contributed by atoms with E-state index < -0.39 is 0 Å². The Balaban J connectivity index is 1.88. The molecule has 136 valence electrons. The van der Waals surface area contributed by atoms with Gasteiger partial charge in [0, 0.05) is 12.4 Å². The summed E-state index contributed by atoms with van der Waals surface area (Å²) in [6.07, 6.45) is 6.29. The fourth-order valence-electron chi connectivity index (χ4n) is 2.65. The van der Waals surface area contributed by atoms with Crippen molar-refractivity contribution in [1.82, 2.24) is 24.9 Å². The number of aromatic nitrogens is 4. The third-order valence-corrected chi connectivity index (χ3v) is 4.51. The number of carbonyl (C=O) groups is 1. The van der Waals surface area contributed by atoms with Crippen LogP contribution in [0.15, 0.2) is 42.7 Å². The number of nitrogens with one attached hydrogen (secondary N) is 1. The third-order valence-electron chi connectivity index (χ3n) is 3.86. The van der Waals surface area contributed by atoms with E-state index in [0.29, 0.717) is 23.9 Å². The van der Waals surface area contributed by atoms with E-state index in [2.05, 4.69) is 20.5 Å². The van der Waals surface area contributed by atoms with Crippen molar-refractivity contribution < 1.29 is 9.53 Å². The maximum atomic E-state index is 12.8. The maximum Gasteiger partial charge on any atom is 0.257 e. The predicted molar refractivity (Wildman–Crippen MR) is 102 cm³/mol. The highest BCUT2D eigenvalue weighted by atomic mass is 32.2. The van der Waals surface area contributed by atoms with Gasteiger partial charge in [-0.25, -0.2) is 4.98 Å². The molecule has 7 nitrogen and oxygen atoms in total. The number of fused-ring (bicyclic) bond motifs is 1. The number of rotatable bonds is 8. The van der Waals surface area contributed by atoms with Crippen molar-refractivity contribution in [3.8, 4) is 5.88 Å². The maximum absolute atomic E-state index is 12.8. The molecule has 1 atom stereocenters. The van der Waals surface area contributed by atoms with E-state index in [1.165, 1.54) is 0 Å². The van der Waals surface area contributed by atoms with Crippen LogP contribution < -0.4 is 10.1 Å². The van der Waals surface area contributed by atoms with E-state index in [-0.39, 0.29) is 11.9 Å². The number of hydrogen-bond donors (Lipinski definition) is 1. The van der Waals surface area contributed by atoms with Gasteiger partial charge in [-0.3, -0.25) is 9.20 Å². The van der Waals surface area contributed by atoms with Crippen LogP contribution in [0.1, 0.15) is 35.6 Å². The molecule has 0 saturated carbocycles. The summed E-state index contributed by atoms with van der Waals surface area (Å²) < 4.78 is 7.37. The van der Waals surface area contributed by atoms with Crippen LogP contribution in [0.2, 0.25) is 0 Å². The highest BCUT2D eigenvalue weighted by Gasteiger charge is 2.22. The van der Waals surface area contributed by atoms with Crippen LogP contribution in [0.5, 0.6) is 5.88 Å². The fourth-order valence-corrected chi connectivity index (χ4v) is 3.12. The van der Waals surface area contributed by atoms with E-state index in [1.807, 2.05) is 42.0 Å². The molecular weight excluding hydrogens is 350 g/mol. The second kappa shape index (κ2) is 8.66. The zero-order chi connectivity index (χ0) is 18.4. The molecule has 1 N–H and O–H groups in total. The van der Waals surface area contributed by atoms with Gasteiger partial charge in [0.25, 0.3) is 5.91 Å². The van der Waals surface area contributed by atoms with Crippen molar-refractivity contribution in [1.29, 1.82) is 0 Å². The number of amides is 1. The quantitative estimate of drug-likeness (QED) is 0.656. The van der Waals surface area contributed by atoms with Crippen LogP contribution in [0, 0.1) is 0 Å². The second-order valence-corrected chi connectivity index (χ2v) is 6.57. The minimum Gasteiger partial charge on any atom is -0.477 e. The lowest BCUT2D eigenvalue weighted by atomic mass is 10.1. The highest BCUT2D eigenvalue weighted by Crippen LogP contribution is 2.21. The molecule has 0 radical (unpaired) electrons. The van der Waals surface area contributed by atoms with Gasteiger partial charge in [0.05, 0.1) is 12.6 Å². The molecule has 8 heteroatoms. The SMILES string of the molecule is CCOc1ncccc1C(=O)N[C@@H](CCSC)c1nnc2ccccn12. The molecule has 0 saturated heterocycles. The monoisotopic (exact) mass is 371 g/mol. The molecule has 0 aliphatic rings. The Morgan fingerprint density at radius 1 is 1.31 bits per heavy atom. The molecule has 0 aliphatic heterocycles. The number of carbonyl (C=O) groups excluding carboxylic acids is 1. The first-order valence-corrected chi connectivity index (χ1v) is 9.81. The Morgan fingerprint density at radius 3 is 3.00 bits per heavy atom. The van der Waals surface area contributed by atoms with Crippen molar-refractivity contribution >= 4 is 23.3 Å². The summed E-state index contributed by atoms with van der Waals surface area (Å²) in [6.45, 7) is 2.31. The number of ether oxygens (including phenoxy) is 1. The van der Waals surface area contributed by atoms with Crippen LogP contribution in [0.3, 0.4) is 0 Å². The molecule has 3 rings (SSSR count). The van der Waals surface area contributed by atoms with Gasteiger partial charge in [-0.2, -0.15) is 11.8 Å². The van der Waals surface area contributed by atoms with E-state index in [4.69, 9.17) is 4.74 Å². The van der Waals surface area contributed by atoms with Crippen LogP contribution in [0.4, 0.5) is 0 Å². The van der Waals surface area contributed by atoms with Gasteiger partial charge in [0.1, 0.15) is 5.56 Å². The average Bonchev–Trinajstić information content (AvgIpc) is 3.10. The van der Waals surface area contributed by atoms with Crippen molar-refractivity contribution in [3.05, 3.63) is 54.1 Å². The highest BCUT2D eigenvalue weighted by molar-refractivity contribution is 7.98. The molecular formula is C18H21N5O2S. The summed E-state index contributed by atoms with van der Waals surface area (Å²) in [5.74, 6) is 1.70. The van der Waals surface area contributed by atoms with Crippen LogP contribution >= 0.6 is 11.8 Å². The molecule has 0 bridgehead atoms. The Labute approximate surface area is 156 Å². The summed E-state index contributed by atoms with van der Waals surface area (Å²) in [7, 11) is 0.